The van der Waals surface area contributed by atoms with E-state index in [1.807, 2.05) is 0 Å². The molecular formula is C9H11ClF2NOP. The van der Waals surface area contributed by atoms with Gasteiger partial charge in [0.1, 0.15) is 12.4 Å². The number of hydrogen-bond donors (Lipinski definition) is 1. The summed E-state index contributed by atoms with van der Waals surface area (Å²) in [5.41, 5.74) is 1.90. The summed E-state index contributed by atoms with van der Waals surface area (Å²) in [7, 11) is 1.44. The molecule has 0 amide bonds. The lowest BCUT2D eigenvalue weighted by molar-refractivity contribution is 0.103. The molecule has 1 unspecified atom stereocenters. The first-order valence-corrected chi connectivity index (χ1v) is 5.20. The zero-order chi connectivity index (χ0) is 11.5. The van der Waals surface area contributed by atoms with E-state index < -0.39 is 5.66 Å². The highest BCUT2D eigenvalue weighted by molar-refractivity contribution is 7.17. The highest BCUT2D eigenvalue weighted by Gasteiger charge is 2.27. The van der Waals surface area contributed by atoms with E-state index in [9.17, 15) is 8.78 Å². The molecule has 0 bridgehead atoms. The molecule has 0 heterocycles. The van der Waals surface area contributed by atoms with Crippen LogP contribution in [0.25, 0.3) is 0 Å². The van der Waals surface area contributed by atoms with Crippen molar-refractivity contribution in [2.24, 2.45) is 5.73 Å². The zero-order valence-electron chi connectivity index (χ0n) is 7.84. The van der Waals surface area contributed by atoms with E-state index in [2.05, 4.69) is 0 Å². The number of alkyl halides is 2. The van der Waals surface area contributed by atoms with Gasteiger partial charge in [0, 0.05) is 12.1 Å². The lowest BCUT2D eigenvalue weighted by Crippen LogP contribution is -2.11. The number of ether oxygens (including phenoxy) is 1. The van der Waals surface area contributed by atoms with Gasteiger partial charge in [0.15, 0.2) is 0 Å². The summed E-state index contributed by atoms with van der Waals surface area (Å²) in [5, 5.41) is 0.00935. The fourth-order valence-electron chi connectivity index (χ4n) is 1.03. The maximum atomic E-state index is 13.0. The smallest absolute Gasteiger partial charge is 0.285 e. The summed E-state index contributed by atoms with van der Waals surface area (Å²) >= 11 is 5.64. The van der Waals surface area contributed by atoms with E-state index in [1.54, 1.807) is 0 Å². The van der Waals surface area contributed by atoms with Gasteiger partial charge in [-0.2, -0.15) is 8.78 Å². The topological polar surface area (TPSA) is 35.2 Å². The zero-order valence-corrected chi connectivity index (χ0v) is 9.75. The second-order valence-corrected chi connectivity index (χ2v) is 4.03. The SMILES string of the molecule is NCCOc1ccc(Cl)c(C(F)(F)P)c1. The van der Waals surface area contributed by atoms with E-state index in [0.29, 0.717) is 12.3 Å². The van der Waals surface area contributed by atoms with Gasteiger partial charge in [-0.15, -0.1) is 0 Å². The van der Waals surface area contributed by atoms with Gasteiger partial charge >= 0.3 is 0 Å². The third-order valence-electron chi connectivity index (χ3n) is 1.68. The van der Waals surface area contributed by atoms with E-state index in [-0.39, 0.29) is 17.2 Å². The van der Waals surface area contributed by atoms with E-state index >= 15 is 0 Å². The van der Waals surface area contributed by atoms with Crippen LogP contribution in [0.1, 0.15) is 5.56 Å². The molecule has 84 valence electrons. The first-order chi connectivity index (χ1) is 6.95. The Bertz CT molecular complexity index is 343. The van der Waals surface area contributed by atoms with Gasteiger partial charge in [0.25, 0.3) is 5.66 Å². The molecule has 0 saturated carbocycles. The van der Waals surface area contributed by atoms with E-state index in [1.165, 1.54) is 27.4 Å². The Hall–Kier alpha value is -0.440. The summed E-state index contributed by atoms with van der Waals surface area (Å²) in [6.07, 6.45) is 0. The van der Waals surface area contributed by atoms with Crippen molar-refractivity contribution in [1.29, 1.82) is 0 Å². The monoisotopic (exact) mass is 253 g/mol. The molecule has 1 rings (SSSR count). The Balaban J connectivity index is 2.95. The Morgan fingerprint density at radius 1 is 1.47 bits per heavy atom. The number of halogens is 3. The second-order valence-electron chi connectivity index (χ2n) is 2.90. The van der Waals surface area contributed by atoms with Crippen molar-refractivity contribution in [3.63, 3.8) is 0 Å². The molecule has 0 fully saturated rings. The molecule has 6 heteroatoms. The summed E-state index contributed by atoms with van der Waals surface area (Å²) < 4.78 is 31.2. The molecular weight excluding hydrogens is 243 g/mol. The standard InChI is InChI=1S/C9H11ClF2NOP/c10-8-2-1-6(14-4-3-13)5-7(8)9(11,12)15/h1-2,5H,3-4,13,15H2. The molecule has 0 aliphatic heterocycles. The Morgan fingerprint density at radius 3 is 2.67 bits per heavy atom. The van der Waals surface area contributed by atoms with Crippen LogP contribution in [-0.2, 0) is 5.66 Å². The van der Waals surface area contributed by atoms with Gasteiger partial charge in [-0.05, 0) is 18.2 Å². The minimum Gasteiger partial charge on any atom is -0.492 e. The van der Waals surface area contributed by atoms with Crippen molar-refractivity contribution in [1.82, 2.24) is 0 Å². The van der Waals surface area contributed by atoms with Gasteiger partial charge in [-0.25, -0.2) is 0 Å². The van der Waals surface area contributed by atoms with Crippen LogP contribution in [0.4, 0.5) is 8.78 Å². The molecule has 0 radical (unpaired) electrons. The Kier molecular flexibility index (Phi) is 4.26. The quantitative estimate of drug-likeness (QED) is 0.837. The van der Waals surface area contributed by atoms with Gasteiger partial charge in [0.2, 0.25) is 0 Å². The highest BCUT2D eigenvalue weighted by atomic mass is 35.5. The van der Waals surface area contributed by atoms with Crippen LogP contribution >= 0.6 is 20.8 Å². The Morgan fingerprint density at radius 2 is 2.13 bits per heavy atom. The number of rotatable bonds is 4. The van der Waals surface area contributed by atoms with Crippen molar-refractivity contribution in [2.45, 2.75) is 5.66 Å². The molecule has 1 aromatic carbocycles. The average Bonchev–Trinajstić information content (AvgIpc) is 2.15. The van der Waals surface area contributed by atoms with Crippen LogP contribution in [0.3, 0.4) is 0 Å². The summed E-state index contributed by atoms with van der Waals surface area (Å²) in [6, 6.07) is 4.11. The first kappa shape index (κ1) is 12.6. The van der Waals surface area contributed by atoms with Crippen LogP contribution < -0.4 is 10.5 Å². The lowest BCUT2D eigenvalue weighted by atomic mass is 10.2. The van der Waals surface area contributed by atoms with Gasteiger partial charge in [0.05, 0.1) is 5.02 Å². The van der Waals surface area contributed by atoms with E-state index in [4.69, 9.17) is 22.1 Å². The third-order valence-corrected chi connectivity index (χ3v) is 2.32. The molecule has 2 nitrogen and oxygen atoms in total. The van der Waals surface area contributed by atoms with Crippen molar-refractivity contribution >= 4 is 20.8 Å². The van der Waals surface area contributed by atoms with Crippen molar-refractivity contribution in [3.05, 3.63) is 28.8 Å². The molecule has 15 heavy (non-hydrogen) atoms. The average molecular weight is 254 g/mol. The van der Waals surface area contributed by atoms with Crippen LogP contribution in [0, 0.1) is 0 Å². The van der Waals surface area contributed by atoms with Crippen LogP contribution in [0.2, 0.25) is 5.02 Å². The molecule has 1 aromatic rings. The molecule has 0 spiro atoms. The summed E-state index contributed by atoms with van der Waals surface area (Å²) in [4.78, 5) is 0. The molecule has 0 aliphatic carbocycles. The largest absolute Gasteiger partial charge is 0.492 e. The molecule has 1 atom stereocenters. The van der Waals surface area contributed by atoms with Crippen molar-refractivity contribution in [3.8, 4) is 5.75 Å². The predicted octanol–water partition coefficient (Wildman–Crippen LogP) is 2.60. The van der Waals surface area contributed by atoms with Crippen LogP contribution in [0.5, 0.6) is 5.75 Å². The van der Waals surface area contributed by atoms with Gasteiger partial charge in [-0.3, -0.25) is 0 Å². The highest BCUT2D eigenvalue weighted by Crippen LogP contribution is 2.40. The maximum absolute atomic E-state index is 13.0. The van der Waals surface area contributed by atoms with Gasteiger partial charge < -0.3 is 10.5 Å². The van der Waals surface area contributed by atoms with Gasteiger partial charge in [-0.1, -0.05) is 20.8 Å². The van der Waals surface area contributed by atoms with Crippen molar-refractivity contribution < 1.29 is 13.5 Å². The molecule has 0 aromatic heterocycles. The lowest BCUT2D eigenvalue weighted by Gasteiger charge is -2.14. The fourth-order valence-corrected chi connectivity index (χ4v) is 1.60. The molecule has 0 saturated heterocycles. The summed E-state index contributed by atoms with van der Waals surface area (Å²) in [6.45, 7) is 0.610. The predicted molar refractivity (Wildman–Crippen MR) is 59.6 cm³/mol. The van der Waals surface area contributed by atoms with Crippen LogP contribution in [-0.4, -0.2) is 13.2 Å². The fraction of sp³-hybridized carbons (Fsp3) is 0.333. The first-order valence-electron chi connectivity index (χ1n) is 4.24. The maximum Gasteiger partial charge on any atom is 0.285 e. The normalized spacial score (nSPS) is 11.5. The molecule has 0 aliphatic rings. The van der Waals surface area contributed by atoms with E-state index in [0.717, 1.165) is 0 Å². The molecule has 2 N–H and O–H groups in total. The minimum atomic E-state index is -3.06. The summed E-state index contributed by atoms with van der Waals surface area (Å²) in [5.74, 6) is 0.335. The Labute approximate surface area is 93.9 Å². The number of hydrogen-bond acceptors (Lipinski definition) is 2. The number of nitrogens with two attached hydrogens (primary N) is 1. The van der Waals surface area contributed by atoms with Crippen LogP contribution in [0.15, 0.2) is 18.2 Å². The van der Waals surface area contributed by atoms with Crippen molar-refractivity contribution in [2.75, 3.05) is 13.2 Å². The third kappa shape index (κ3) is 3.56. The number of benzene rings is 1. The minimum absolute atomic E-state index is 0.00935. The second kappa shape index (κ2) is 5.06.